The molecule has 0 aromatic heterocycles. The van der Waals surface area contributed by atoms with Gasteiger partial charge in [0, 0.05) is 19.7 Å². The van der Waals surface area contributed by atoms with Crippen LogP contribution in [0.1, 0.15) is 25.3 Å². The molecule has 1 aromatic carbocycles. The van der Waals surface area contributed by atoms with Crippen molar-refractivity contribution in [2.45, 2.75) is 25.5 Å². The molecule has 1 heterocycles. The van der Waals surface area contributed by atoms with Gasteiger partial charge < -0.3 is 10.2 Å². The summed E-state index contributed by atoms with van der Waals surface area (Å²) in [7, 11) is 0. The number of aliphatic hydroxyl groups excluding tert-OH is 1. The van der Waals surface area contributed by atoms with E-state index in [-0.39, 0.29) is 12.4 Å². The summed E-state index contributed by atoms with van der Waals surface area (Å²) in [5.41, 5.74) is -0.375. The monoisotopic (exact) mass is 253 g/mol. The van der Waals surface area contributed by atoms with Crippen LogP contribution in [0.2, 0.25) is 0 Å². The minimum absolute atomic E-state index is 0.215. The molecule has 0 aliphatic carbocycles. The zero-order valence-corrected chi connectivity index (χ0v) is 10.6. The van der Waals surface area contributed by atoms with Crippen LogP contribution in [0.4, 0.5) is 4.39 Å². The van der Waals surface area contributed by atoms with Crippen molar-refractivity contribution in [3.8, 4) is 0 Å². The Balaban J connectivity index is 2.09. The van der Waals surface area contributed by atoms with E-state index in [4.69, 9.17) is 5.11 Å². The molecule has 1 atom stereocenters. The van der Waals surface area contributed by atoms with Crippen molar-refractivity contribution in [3.05, 3.63) is 35.6 Å². The lowest BCUT2D eigenvalue weighted by Crippen LogP contribution is -2.48. The highest BCUT2D eigenvalue weighted by Gasteiger charge is 2.33. The molecule has 100 valence electrons. The SMILES string of the molecule is CC(O)(c1ccc(F)cc1)N1CCC(CO)CC1. The van der Waals surface area contributed by atoms with Crippen LogP contribution in [0.15, 0.2) is 24.3 Å². The molecule has 2 N–H and O–H groups in total. The quantitative estimate of drug-likeness (QED) is 0.861. The maximum Gasteiger partial charge on any atom is 0.141 e. The van der Waals surface area contributed by atoms with E-state index in [1.807, 2.05) is 4.90 Å². The lowest BCUT2D eigenvalue weighted by Gasteiger charge is -2.41. The molecular formula is C14H20FNO2. The lowest BCUT2D eigenvalue weighted by molar-refractivity contribution is -0.115. The highest BCUT2D eigenvalue weighted by molar-refractivity contribution is 5.22. The topological polar surface area (TPSA) is 43.7 Å². The molecule has 0 saturated carbocycles. The summed E-state index contributed by atoms with van der Waals surface area (Å²) < 4.78 is 12.9. The Bertz CT molecular complexity index is 383. The standard InChI is InChI=1S/C14H20FNO2/c1-14(18,12-2-4-13(15)5-3-12)16-8-6-11(10-17)7-9-16/h2-5,11,17-18H,6-10H2,1H3. The van der Waals surface area contributed by atoms with E-state index in [1.54, 1.807) is 19.1 Å². The van der Waals surface area contributed by atoms with E-state index in [0.717, 1.165) is 25.9 Å². The molecule has 0 radical (unpaired) electrons. The molecule has 0 spiro atoms. The largest absolute Gasteiger partial charge is 0.396 e. The van der Waals surface area contributed by atoms with Crippen LogP contribution in [0, 0.1) is 11.7 Å². The lowest BCUT2D eigenvalue weighted by atomic mass is 9.94. The van der Waals surface area contributed by atoms with Gasteiger partial charge >= 0.3 is 0 Å². The zero-order chi connectivity index (χ0) is 13.2. The Morgan fingerprint density at radius 1 is 1.28 bits per heavy atom. The van der Waals surface area contributed by atoms with Crippen molar-refractivity contribution in [3.63, 3.8) is 0 Å². The van der Waals surface area contributed by atoms with Gasteiger partial charge in [0.1, 0.15) is 11.5 Å². The van der Waals surface area contributed by atoms with Gasteiger partial charge in [0.2, 0.25) is 0 Å². The van der Waals surface area contributed by atoms with Gasteiger partial charge in [-0.2, -0.15) is 0 Å². The van der Waals surface area contributed by atoms with Gasteiger partial charge in [0.15, 0.2) is 0 Å². The molecule has 4 heteroatoms. The van der Waals surface area contributed by atoms with E-state index in [9.17, 15) is 9.50 Å². The summed E-state index contributed by atoms with van der Waals surface area (Å²) in [5, 5.41) is 19.7. The summed E-state index contributed by atoms with van der Waals surface area (Å²) in [6.45, 7) is 3.44. The molecule has 1 aliphatic heterocycles. The van der Waals surface area contributed by atoms with Crippen LogP contribution in [0.3, 0.4) is 0 Å². The second kappa shape index (κ2) is 5.34. The van der Waals surface area contributed by atoms with Crippen molar-refractivity contribution in [1.82, 2.24) is 4.90 Å². The molecule has 1 fully saturated rings. The fraction of sp³-hybridized carbons (Fsp3) is 0.571. The van der Waals surface area contributed by atoms with Crippen molar-refractivity contribution in [1.29, 1.82) is 0 Å². The number of nitrogens with zero attached hydrogens (tertiary/aromatic N) is 1. The molecule has 0 bridgehead atoms. The second-order valence-corrected chi connectivity index (χ2v) is 5.14. The molecule has 18 heavy (non-hydrogen) atoms. The summed E-state index contributed by atoms with van der Waals surface area (Å²) >= 11 is 0. The Morgan fingerprint density at radius 3 is 2.33 bits per heavy atom. The third-order valence-electron chi connectivity index (χ3n) is 3.88. The van der Waals surface area contributed by atoms with Crippen LogP contribution < -0.4 is 0 Å². The van der Waals surface area contributed by atoms with Crippen molar-refractivity contribution in [2.24, 2.45) is 5.92 Å². The van der Waals surface area contributed by atoms with Crippen LogP contribution in [0.5, 0.6) is 0 Å². The Hall–Kier alpha value is -0.970. The number of rotatable bonds is 3. The molecule has 0 amide bonds. The fourth-order valence-corrected chi connectivity index (χ4v) is 2.50. The maximum absolute atomic E-state index is 12.9. The normalized spacial score (nSPS) is 21.8. The first-order valence-corrected chi connectivity index (χ1v) is 6.38. The van der Waals surface area contributed by atoms with E-state index in [1.165, 1.54) is 12.1 Å². The van der Waals surface area contributed by atoms with E-state index < -0.39 is 5.72 Å². The number of piperidine rings is 1. The first-order valence-electron chi connectivity index (χ1n) is 6.38. The summed E-state index contributed by atoms with van der Waals surface area (Å²) in [6, 6.07) is 5.97. The van der Waals surface area contributed by atoms with Crippen LogP contribution in [-0.4, -0.2) is 34.8 Å². The van der Waals surface area contributed by atoms with Gasteiger partial charge in [-0.3, -0.25) is 4.90 Å². The average Bonchev–Trinajstić information content (AvgIpc) is 2.39. The average molecular weight is 253 g/mol. The third kappa shape index (κ3) is 2.71. The van der Waals surface area contributed by atoms with Gasteiger partial charge in [-0.1, -0.05) is 12.1 Å². The first kappa shape index (κ1) is 13.5. The number of benzene rings is 1. The van der Waals surface area contributed by atoms with Gasteiger partial charge in [-0.15, -0.1) is 0 Å². The summed E-state index contributed by atoms with van der Waals surface area (Å²) in [4.78, 5) is 1.98. The van der Waals surface area contributed by atoms with E-state index >= 15 is 0 Å². The Labute approximate surface area is 107 Å². The van der Waals surface area contributed by atoms with Crippen LogP contribution >= 0.6 is 0 Å². The molecule has 1 aromatic rings. The molecule has 1 aliphatic rings. The Kier molecular flexibility index (Phi) is 4.00. The number of likely N-dealkylation sites (tertiary alicyclic amines) is 1. The molecule has 3 nitrogen and oxygen atoms in total. The Morgan fingerprint density at radius 2 is 1.83 bits per heavy atom. The van der Waals surface area contributed by atoms with Crippen molar-refractivity contribution >= 4 is 0 Å². The number of halogens is 1. The molecule has 1 unspecified atom stereocenters. The smallest absolute Gasteiger partial charge is 0.141 e. The number of hydrogen-bond donors (Lipinski definition) is 2. The maximum atomic E-state index is 12.9. The minimum atomic E-state index is -1.08. The predicted molar refractivity (Wildman–Crippen MR) is 67.4 cm³/mol. The van der Waals surface area contributed by atoms with Gasteiger partial charge in [0.05, 0.1) is 0 Å². The minimum Gasteiger partial charge on any atom is -0.396 e. The van der Waals surface area contributed by atoms with Gasteiger partial charge in [-0.05, 0) is 43.4 Å². The predicted octanol–water partition coefficient (Wildman–Crippen LogP) is 1.70. The molecule has 1 saturated heterocycles. The highest BCUT2D eigenvalue weighted by Crippen LogP contribution is 2.30. The van der Waals surface area contributed by atoms with Crippen LogP contribution in [-0.2, 0) is 5.72 Å². The molecule has 2 rings (SSSR count). The van der Waals surface area contributed by atoms with Crippen molar-refractivity contribution < 1.29 is 14.6 Å². The first-order chi connectivity index (χ1) is 8.54. The van der Waals surface area contributed by atoms with Crippen molar-refractivity contribution in [2.75, 3.05) is 19.7 Å². The van der Waals surface area contributed by atoms with Gasteiger partial charge in [0.25, 0.3) is 0 Å². The fourth-order valence-electron chi connectivity index (χ4n) is 2.50. The van der Waals surface area contributed by atoms with E-state index in [0.29, 0.717) is 11.5 Å². The second-order valence-electron chi connectivity index (χ2n) is 5.14. The van der Waals surface area contributed by atoms with Gasteiger partial charge in [-0.25, -0.2) is 4.39 Å². The van der Waals surface area contributed by atoms with Crippen LogP contribution in [0.25, 0.3) is 0 Å². The number of hydrogen-bond acceptors (Lipinski definition) is 3. The number of aliphatic hydroxyl groups is 2. The molecular weight excluding hydrogens is 233 g/mol. The summed E-state index contributed by atoms with van der Waals surface area (Å²) in [5.74, 6) is 0.0406. The summed E-state index contributed by atoms with van der Waals surface area (Å²) in [6.07, 6.45) is 1.77. The zero-order valence-electron chi connectivity index (χ0n) is 10.6. The third-order valence-corrected chi connectivity index (χ3v) is 3.88. The van der Waals surface area contributed by atoms with E-state index in [2.05, 4.69) is 0 Å². The highest BCUT2D eigenvalue weighted by atomic mass is 19.1.